The third-order valence-corrected chi connectivity index (χ3v) is 7.12. The van der Waals surface area contributed by atoms with Crippen LogP contribution in [0.15, 0.2) is 54.1 Å². The maximum atomic E-state index is 13.5. The van der Waals surface area contributed by atoms with Gasteiger partial charge in [-0.2, -0.15) is 0 Å². The number of hydrogen-bond acceptors (Lipinski definition) is 8. The van der Waals surface area contributed by atoms with E-state index in [-0.39, 0.29) is 34.4 Å². The Balaban J connectivity index is 1.57. The van der Waals surface area contributed by atoms with E-state index in [0.29, 0.717) is 36.0 Å². The van der Waals surface area contributed by atoms with E-state index in [4.69, 9.17) is 30.5 Å². The number of barbiturate groups is 1. The molecule has 0 aliphatic carbocycles. The standard InChI is InChI=1S/C33H34ClN3O8/c1-6-13-44-26-12-11-22(17-27(26)43-7-2)37-32(40)23(31(39)36-33(37)41)14-21-15-24(34)30(28(16-21)42-5)45-18-29(38)35-25-10-8-9-19(3)20(25)4/h8-12,14-17H,6-7,13,18H2,1-5H3,(H,35,38)(H,36,39,41)/b23-14+. The Labute approximate surface area is 266 Å². The fourth-order valence-electron chi connectivity index (χ4n) is 4.47. The van der Waals surface area contributed by atoms with Crippen molar-refractivity contribution in [1.82, 2.24) is 5.32 Å². The summed E-state index contributed by atoms with van der Waals surface area (Å²) in [6, 6.07) is 12.2. The molecule has 1 aliphatic rings. The van der Waals surface area contributed by atoms with Crippen LogP contribution in [0.1, 0.15) is 37.0 Å². The van der Waals surface area contributed by atoms with E-state index in [9.17, 15) is 19.2 Å². The topological polar surface area (TPSA) is 132 Å². The first kappa shape index (κ1) is 32.9. The average Bonchev–Trinajstić information content (AvgIpc) is 3.00. The minimum Gasteiger partial charge on any atom is -0.493 e. The summed E-state index contributed by atoms with van der Waals surface area (Å²) in [5.74, 6) is -1.07. The number of imide groups is 2. The van der Waals surface area contributed by atoms with E-state index in [1.165, 1.54) is 37.5 Å². The van der Waals surface area contributed by atoms with Crippen molar-refractivity contribution in [1.29, 1.82) is 0 Å². The molecule has 1 saturated heterocycles. The molecule has 0 bridgehead atoms. The summed E-state index contributed by atoms with van der Waals surface area (Å²) in [4.78, 5) is 52.6. The van der Waals surface area contributed by atoms with Gasteiger partial charge in [-0.05, 0) is 80.3 Å². The largest absolute Gasteiger partial charge is 0.493 e. The predicted octanol–water partition coefficient (Wildman–Crippen LogP) is 5.84. The monoisotopic (exact) mass is 635 g/mol. The molecule has 11 nitrogen and oxygen atoms in total. The number of nitrogens with zero attached hydrogens (tertiary/aromatic N) is 1. The Bertz CT molecular complexity index is 1670. The number of carbonyl (C=O) groups excluding carboxylic acids is 4. The van der Waals surface area contributed by atoms with Crippen LogP contribution in [-0.2, 0) is 14.4 Å². The molecule has 1 heterocycles. The molecule has 0 unspecified atom stereocenters. The van der Waals surface area contributed by atoms with Crippen LogP contribution in [0.2, 0.25) is 5.02 Å². The summed E-state index contributed by atoms with van der Waals surface area (Å²) in [5, 5.41) is 5.08. The van der Waals surface area contributed by atoms with Crippen molar-refractivity contribution in [3.8, 4) is 23.0 Å². The fraction of sp³-hybridized carbons (Fsp3) is 0.273. The lowest BCUT2D eigenvalue weighted by Crippen LogP contribution is -2.54. The molecule has 0 aromatic heterocycles. The van der Waals surface area contributed by atoms with Crippen molar-refractivity contribution in [3.63, 3.8) is 0 Å². The molecule has 4 rings (SSSR count). The number of nitrogens with one attached hydrogen (secondary N) is 2. The highest BCUT2D eigenvalue weighted by Gasteiger charge is 2.37. The zero-order valence-corrected chi connectivity index (χ0v) is 26.4. The molecule has 1 aliphatic heterocycles. The first-order valence-corrected chi connectivity index (χ1v) is 14.6. The molecule has 236 valence electrons. The van der Waals surface area contributed by atoms with E-state index in [0.717, 1.165) is 22.4 Å². The van der Waals surface area contributed by atoms with Gasteiger partial charge in [0, 0.05) is 11.8 Å². The number of rotatable bonds is 12. The van der Waals surface area contributed by atoms with E-state index >= 15 is 0 Å². The van der Waals surface area contributed by atoms with E-state index < -0.39 is 23.8 Å². The second-order valence-corrected chi connectivity index (χ2v) is 10.4. The van der Waals surface area contributed by atoms with Gasteiger partial charge in [0.25, 0.3) is 17.7 Å². The number of hydrogen-bond donors (Lipinski definition) is 2. The lowest BCUT2D eigenvalue weighted by atomic mass is 10.1. The summed E-state index contributed by atoms with van der Waals surface area (Å²) >= 11 is 6.50. The number of anilines is 2. The Morgan fingerprint density at radius 1 is 0.978 bits per heavy atom. The minimum absolute atomic E-state index is 0.0707. The normalized spacial score (nSPS) is 13.9. The van der Waals surface area contributed by atoms with Gasteiger partial charge >= 0.3 is 6.03 Å². The zero-order valence-electron chi connectivity index (χ0n) is 25.6. The van der Waals surface area contributed by atoms with Crippen LogP contribution in [0.5, 0.6) is 23.0 Å². The van der Waals surface area contributed by atoms with Crippen LogP contribution in [0.25, 0.3) is 6.08 Å². The lowest BCUT2D eigenvalue weighted by molar-refractivity contribution is -0.122. The molecular weight excluding hydrogens is 602 g/mol. The molecule has 3 aromatic rings. The molecule has 5 amide bonds. The number of methoxy groups -OCH3 is 1. The Kier molecular flexibility index (Phi) is 10.7. The van der Waals surface area contributed by atoms with Crippen molar-refractivity contribution in [2.45, 2.75) is 34.1 Å². The van der Waals surface area contributed by atoms with Crippen LogP contribution >= 0.6 is 11.6 Å². The van der Waals surface area contributed by atoms with Gasteiger partial charge in [-0.1, -0.05) is 30.7 Å². The summed E-state index contributed by atoms with van der Waals surface area (Å²) in [5.41, 5.74) is 2.82. The number of halogens is 1. The maximum absolute atomic E-state index is 13.5. The first-order valence-electron chi connectivity index (χ1n) is 14.2. The van der Waals surface area contributed by atoms with Crippen molar-refractivity contribution in [2.75, 3.05) is 37.1 Å². The quantitative estimate of drug-likeness (QED) is 0.187. The van der Waals surface area contributed by atoms with Crippen molar-refractivity contribution in [2.24, 2.45) is 0 Å². The molecule has 45 heavy (non-hydrogen) atoms. The number of amides is 5. The molecular formula is C33H34ClN3O8. The highest BCUT2D eigenvalue weighted by atomic mass is 35.5. The first-order chi connectivity index (χ1) is 21.6. The molecule has 3 aromatic carbocycles. The predicted molar refractivity (Wildman–Crippen MR) is 170 cm³/mol. The van der Waals surface area contributed by atoms with E-state index in [1.807, 2.05) is 32.9 Å². The molecule has 0 spiro atoms. The van der Waals surface area contributed by atoms with Gasteiger partial charge in [0.15, 0.2) is 29.6 Å². The molecule has 12 heteroatoms. The molecule has 1 fully saturated rings. The number of benzene rings is 3. The van der Waals surface area contributed by atoms with Crippen LogP contribution in [-0.4, -0.2) is 50.7 Å². The third-order valence-electron chi connectivity index (χ3n) is 6.84. The maximum Gasteiger partial charge on any atom is 0.335 e. The van der Waals surface area contributed by atoms with Gasteiger partial charge < -0.3 is 24.3 Å². The van der Waals surface area contributed by atoms with Crippen molar-refractivity contribution in [3.05, 3.63) is 75.8 Å². The van der Waals surface area contributed by atoms with Crippen molar-refractivity contribution >= 4 is 52.8 Å². The van der Waals surface area contributed by atoms with Gasteiger partial charge in [-0.15, -0.1) is 0 Å². The Morgan fingerprint density at radius 2 is 1.76 bits per heavy atom. The van der Waals surface area contributed by atoms with Crippen molar-refractivity contribution < 1.29 is 38.1 Å². The second-order valence-electron chi connectivity index (χ2n) is 9.99. The molecule has 2 N–H and O–H groups in total. The number of urea groups is 1. The fourth-order valence-corrected chi connectivity index (χ4v) is 4.74. The summed E-state index contributed by atoms with van der Waals surface area (Å²) in [6.45, 7) is 8.05. The van der Waals surface area contributed by atoms with Crippen LogP contribution in [0, 0.1) is 13.8 Å². The van der Waals surface area contributed by atoms with Crippen LogP contribution < -0.4 is 34.5 Å². The summed E-state index contributed by atoms with van der Waals surface area (Å²) < 4.78 is 22.5. The molecule has 0 saturated carbocycles. The number of aryl methyl sites for hydroxylation is 1. The van der Waals surface area contributed by atoms with E-state index in [1.54, 1.807) is 19.1 Å². The van der Waals surface area contributed by atoms with E-state index in [2.05, 4.69) is 10.6 Å². The average molecular weight is 636 g/mol. The number of ether oxygens (including phenoxy) is 4. The zero-order chi connectivity index (χ0) is 32.7. The second kappa shape index (κ2) is 14.6. The van der Waals surface area contributed by atoms with Gasteiger partial charge in [-0.3, -0.25) is 19.7 Å². The van der Waals surface area contributed by atoms with Gasteiger partial charge in [0.2, 0.25) is 0 Å². The number of carbonyl (C=O) groups is 4. The summed E-state index contributed by atoms with van der Waals surface area (Å²) in [6.07, 6.45) is 2.06. The third kappa shape index (κ3) is 7.55. The lowest BCUT2D eigenvalue weighted by Gasteiger charge is -2.27. The Morgan fingerprint density at radius 3 is 2.47 bits per heavy atom. The van der Waals surface area contributed by atoms with Gasteiger partial charge in [0.05, 0.1) is 31.0 Å². The SMILES string of the molecule is CCCOc1ccc(N2C(=O)NC(=O)/C(=C\c3cc(Cl)c(OCC(=O)Nc4cccc(C)c4C)c(OC)c3)C2=O)cc1OCC. The minimum atomic E-state index is -0.912. The van der Waals surface area contributed by atoms with Crippen LogP contribution in [0.3, 0.4) is 0 Å². The van der Waals surface area contributed by atoms with Gasteiger partial charge in [-0.25, -0.2) is 9.69 Å². The molecule has 0 radical (unpaired) electrons. The smallest absolute Gasteiger partial charge is 0.335 e. The van der Waals surface area contributed by atoms with Crippen LogP contribution in [0.4, 0.5) is 16.2 Å². The van der Waals surface area contributed by atoms with Gasteiger partial charge in [0.1, 0.15) is 5.57 Å². The molecule has 0 atom stereocenters. The highest BCUT2D eigenvalue weighted by Crippen LogP contribution is 2.38. The summed E-state index contributed by atoms with van der Waals surface area (Å²) in [7, 11) is 1.38. The Hall–Kier alpha value is -5.03. The highest BCUT2D eigenvalue weighted by molar-refractivity contribution is 6.39.